The predicted octanol–water partition coefficient (Wildman–Crippen LogP) is 4.82. The second-order valence-corrected chi connectivity index (χ2v) is 8.89. The standard InChI is InChI=1S/C20H25ClFN3O4/c1-19(2,3)29-18(26)23-11-8-20(22,9-12-23)13-24-10-4-5-14-16(24)7-6-15(21)17(14)25(27)28/h4-7H,8-13H2,1-3H3. The summed E-state index contributed by atoms with van der Waals surface area (Å²) in [7, 11) is 0. The average molecular weight is 426 g/mol. The lowest BCUT2D eigenvalue weighted by atomic mass is 9.91. The Bertz CT molecular complexity index is 845. The third-order valence-electron chi connectivity index (χ3n) is 5.06. The number of rotatable bonds is 3. The second-order valence-electron chi connectivity index (χ2n) is 8.49. The number of hydrogen-bond acceptors (Lipinski definition) is 5. The molecule has 1 aromatic carbocycles. The number of piperidine rings is 1. The summed E-state index contributed by atoms with van der Waals surface area (Å²) in [4.78, 5) is 26.4. The summed E-state index contributed by atoms with van der Waals surface area (Å²) < 4.78 is 20.9. The number of carbonyl (C=O) groups excluding carboxylic acids is 1. The van der Waals surface area contributed by atoms with Gasteiger partial charge in [-0.25, -0.2) is 9.18 Å². The van der Waals surface area contributed by atoms with Crippen LogP contribution in [0.4, 0.5) is 20.6 Å². The normalized spacial score (nSPS) is 18.4. The molecular formula is C20H25ClFN3O4. The second kappa shape index (κ2) is 7.82. The first-order chi connectivity index (χ1) is 13.5. The minimum atomic E-state index is -1.50. The van der Waals surface area contributed by atoms with E-state index in [0.717, 1.165) is 0 Å². The van der Waals surface area contributed by atoms with E-state index in [1.54, 1.807) is 43.9 Å². The smallest absolute Gasteiger partial charge is 0.410 e. The Morgan fingerprint density at radius 2 is 2.00 bits per heavy atom. The van der Waals surface area contributed by atoms with Crippen molar-refractivity contribution in [3.8, 4) is 0 Å². The fraction of sp³-hybridized carbons (Fsp3) is 0.550. The predicted molar refractivity (Wildman–Crippen MR) is 110 cm³/mol. The molecule has 0 aromatic heterocycles. The van der Waals surface area contributed by atoms with Gasteiger partial charge in [0, 0.05) is 32.5 Å². The van der Waals surface area contributed by atoms with Crippen LogP contribution in [0.15, 0.2) is 18.2 Å². The highest BCUT2D eigenvalue weighted by molar-refractivity contribution is 6.33. The Labute approximate surface area is 174 Å². The highest BCUT2D eigenvalue weighted by atomic mass is 35.5. The lowest BCUT2D eigenvalue weighted by molar-refractivity contribution is -0.384. The van der Waals surface area contributed by atoms with E-state index in [2.05, 4.69) is 0 Å². The van der Waals surface area contributed by atoms with Crippen LogP contribution in [-0.2, 0) is 4.74 Å². The van der Waals surface area contributed by atoms with Gasteiger partial charge in [0.1, 0.15) is 16.3 Å². The van der Waals surface area contributed by atoms with Crippen LogP contribution in [0, 0.1) is 10.1 Å². The van der Waals surface area contributed by atoms with Gasteiger partial charge < -0.3 is 14.5 Å². The number of ether oxygens (including phenoxy) is 1. The molecule has 2 aliphatic rings. The molecule has 0 N–H and O–H groups in total. The molecule has 0 aliphatic carbocycles. The first-order valence-electron chi connectivity index (χ1n) is 9.54. The van der Waals surface area contributed by atoms with E-state index in [1.807, 2.05) is 0 Å². The van der Waals surface area contributed by atoms with E-state index in [9.17, 15) is 14.9 Å². The molecule has 2 heterocycles. The van der Waals surface area contributed by atoms with Gasteiger partial charge >= 0.3 is 6.09 Å². The van der Waals surface area contributed by atoms with Crippen molar-refractivity contribution in [3.63, 3.8) is 0 Å². The monoisotopic (exact) mass is 425 g/mol. The van der Waals surface area contributed by atoms with Crippen LogP contribution in [0.1, 0.15) is 39.2 Å². The molecule has 0 atom stereocenters. The van der Waals surface area contributed by atoms with E-state index in [4.69, 9.17) is 16.3 Å². The number of halogens is 2. The summed E-state index contributed by atoms with van der Waals surface area (Å²) in [5, 5.41) is 11.5. The highest BCUT2D eigenvalue weighted by Gasteiger charge is 2.39. The van der Waals surface area contributed by atoms with Crippen molar-refractivity contribution in [2.24, 2.45) is 0 Å². The molecule has 2 aliphatic heterocycles. The maximum atomic E-state index is 15.6. The zero-order valence-electron chi connectivity index (χ0n) is 16.8. The molecule has 7 nitrogen and oxygen atoms in total. The van der Waals surface area contributed by atoms with E-state index in [1.165, 1.54) is 11.0 Å². The number of nitro groups is 1. The maximum Gasteiger partial charge on any atom is 0.410 e. The Balaban J connectivity index is 1.71. The number of amides is 1. The number of hydrogen-bond donors (Lipinski definition) is 0. The van der Waals surface area contributed by atoms with Crippen LogP contribution in [-0.4, -0.2) is 53.4 Å². The fourth-order valence-electron chi connectivity index (χ4n) is 3.66. The van der Waals surface area contributed by atoms with E-state index in [-0.39, 0.29) is 43.2 Å². The molecule has 1 aromatic rings. The van der Waals surface area contributed by atoms with Crippen molar-refractivity contribution < 1.29 is 18.8 Å². The first-order valence-corrected chi connectivity index (χ1v) is 9.92. The molecule has 0 bridgehead atoms. The lowest BCUT2D eigenvalue weighted by Gasteiger charge is -2.40. The van der Waals surface area contributed by atoms with Gasteiger partial charge in [-0.05, 0) is 39.0 Å². The van der Waals surface area contributed by atoms with E-state index < -0.39 is 22.3 Å². The van der Waals surface area contributed by atoms with Gasteiger partial charge in [0.05, 0.1) is 22.7 Å². The molecule has 158 valence electrons. The van der Waals surface area contributed by atoms with Crippen molar-refractivity contribution >= 4 is 35.1 Å². The van der Waals surface area contributed by atoms with Crippen LogP contribution in [0.5, 0.6) is 0 Å². The molecule has 1 saturated heterocycles. The first kappa shape index (κ1) is 21.4. The summed E-state index contributed by atoms with van der Waals surface area (Å²) in [6.45, 7) is 6.45. The Morgan fingerprint density at radius 1 is 1.34 bits per heavy atom. The largest absolute Gasteiger partial charge is 0.444 e. The van der Waals surface area contributed by atoms with Gasteiger partial charge in [-0.1, -0.05) is 17.7 Å². The quantitative estimate of drug-likeness (QED) is 0.512. The number of carbonyl (C=O) groups is 1. The number of benzene rings is 1. The van der Waals surface area contributed by atoms with E-state index in [0.29, 0.717) is 17.8 Å². The summed E-state index contributed by atoms with van der Waals surface area (Å²) in [5.74, 6) is 0. The van der Waals surface area contributed by atoms with Gasteiger partial charge in [-0.3, -0.25) is 10.1 Å². The van der Waals surface area contributed by atoms with Crippen molar-refractivity contribution in [1.82, 2.24) is 4.90 Å². The summed E-state index contributed by atoms with van der Waals surface area (Å²) >= 11 is 6.00. The molecule has 0 spiro atoms. The minimum absolute atomic E-state index is 0.0564. The lowest BCUT2D eigenvalue weighted by Crippen LogP contribution is -2.51. The van der Waals surface area contributed by atoms with Crippen molar-refractivity contribution in [1.29, 1.82) is 0 Å². The Kier molecular flexibility index (Phi) is 5.76. The molecule has 1 amide bonds. The summed E-state index contributed by atoms with van der Waals surface area (Å²) in [6, 6.07) is 3.16. The molecule has 9 heteroatoms. The summed E-state index contributed by atoms with van der Waals surface area (Å²) in [5.41, 5.74) is -1.28. The molecule has 0 unspecified atom stereocenters. The zero-order valence-corrected chi connectivity index (χ0v) is 17.5. The van der Waals surface area contributed by atoms with Crippen LogP contribution >= 0.6 is 11.6 Å². The van der Waals surface area contributed by atoms with Crippen molar-refractivity contribution in [2.45, 2.75) is 44.9 Å². The van der Waals surface area contributed by atoms with Crippen LogP contribution in [0.3, 0.4) is 0 Å². The Morgan fingerprint density at radius 3 is 2.59 bits per heavy atom. The van der Waals surface area contributed by atoms with Crippen LogP contribution in [0.2, 0.25) is 5.02 Å². The van der Waals surface area contributed by atoms with Gasteiger partial charge in [0.25, 0.3) is 5.69 Å². The summed E-state index contributed by atoms with van der Waals surface area (Å²) in [6.07, 6.45) is 3.35. The van der Waals surface area contributed by atoms with Gasteiger partial charge in [0.2, 0.25) is 0 Å². The average Bonchev–Trinajstić information content (AvgIpc) is 2.60. The number of nitrogens with zero attached hydrogens (tertiary/aromatic N) is 3. The molecule has 3 rings (SSSR count). The molecular weight excluding hydrogens is 401 g/mol. The van der Waals surface area contributed by atoms with Gasteiger partial charge in [0.15, 0.2) is 0 Å². The van der Waals surface area contributed by atoms with Crippen LogP contribution in [0.25, 0.3) is 6.08 Å². The van der Waals surface area contributed by atoms with Crippen LogP contribution < -0.4 is 4.90 Å². The SMILES string of the molecule is CC(C)(C)OC(=O)N1CCC(F)(CN2CC=Cc3c2ccc(Cl)c3[N+](=O)[O-])CC1. The topological polar surface area (TPSA) is 75.9 Å². The van der Waals surface area contributed by atoms with E-state index >= 15 is 4.39 Å². The number of likely N-dealkylation sites (tertiary alicyclic amines) is 1. The van der Waals surface area contributed by atoms with Crippen molar-refractivity contribution in [3.05, 3.63) is 38.9 Å². The number of anilines is 1. The number of alkyl halides is 1. The Hall–Kier alpha value is -2.35. The zero-order chi connectivity index (χ0) is 21.4. The molecule has 0 radical (unpaired) electrons. The molecule has 29 heavy (non-hydrogen) atoms. The number of fused-ring (bicyclic) bond motifs is 1. The fourth-order valence-corrected chi connectivity index (χ4v) is 3.89. The third-order valence-corrected chi connectivity index (χ3v) is 5.37. The third kappa shape index (κ3) is 4.80. The van der Waals surface area contributed by atoms with Crippen molar-refractivity contribution in [2.75, 3.05) is 31.1 Å². The van der Waals surface area contributed by atoms with Gasteiger partial charge in [-0.2, -0.15) is 0 Å². The minimum Gasteiger partial charge on any atom is -0.444 e. The van der Waals surface area contributed by atoms with Gasteiger partial charge in [-0.15, -0.1) is 0 Å². The highest BCUT2D eigenvalue weighted by Crippen LogP contribution is 2.40. The molecule has 1 fully saturated rings. The molecule has 0 saturated carbocycles. The number of nitro benzene ring substituents is 1. The maximum absolute atomic E-state index is 15.6.